The number of fused-ring (bicyclic) bond motifs is 3. The van der Waals surface area contributed by atoms with Gasteiger partial charge in [0.2, 0.25) is 0 Å². The molecule has 0 N–H and O–H groups in total. The summed E-state index contributed by atoms with van der Waals surface area (Å²) in [5, 5.41) is 0. The van der Waals surface area contributed by atoms with Gasteiger partial charge in [-0.2, -0.15) is 0 Å². The topological polar surface area (TPSA) is 42.8 Å². The maximum Gasteiger partial charge on any atom is 0.151 e. The van der Waals surface area contributed by atoms with Gasteiger partial charge in [-0.15, -0.1) is 0 Å². The molecule has 1 aromatic heterocycles. The summed E-state index contributed by atoms with van der Waals surface area (Å²) in [6.45, 7) is 11.9. The molecule has 6 rings (SSSR count). The third-order valence-electron chi connectivity index (χ3n) is 7.42. The van der Waals surface area contributed by atoms with Crippen LogP contribution in [-0.4, -0.2) is 64.8 Å². The van der Waals surface area contributed by atoms with Gasteiger partial charge in [0.05, 0.1) is 24.6 Å². The van der Waals surface area contributed by atoms with Crippen LogP contribution in [0, 0.1) is 5.92 Å². The summed E-state index contributed by atoms with van der Waals surface area (Å²) < 4.78 is 13.8. The number of rotatable bonds is 6. The van der Waals surface area contributed by atoms with Gasteiger partial charge in [-0.1, -0.05) is 30.3 Å². The van der Waals surface area contributed by atoms with Crippen LogP contribution >= 0.6 is 0 Å². The maximum atomic E-state index is 6.12. The summed E-state index contributed by atoms with van der Waals surface area (Å²) in [5.41, 5.74) is 6.02. The van der Waals surface area contributed by atoms with Crippen molar-refractivity contribution >= 4 is 0 Å². The molecule has 0 amide bonds. The molecule has 3 aromatic rings. The number of likely N-dealkylation sites (tertiary alicyclic amines) is 1. The Morgan fingerprint density at radius 2 is 1.76 bits per heavy atom. The Morgan fingerprint density at radius 3 is 2.53 bits per heavy atom. The number of ether oxygens (including phenoxy) is 2. The molecule has 0 atom stereocenters. The maximum absolute atomic E-state index is 6.12. The first-order valence-electron chi connectivity index (χ1n) is 12.6. The van der Waals surface area contributed by atoms with E-state index in [1.165, 1.54) is 36.2 Å². The second-order valence-corrected chi connectivity index (χ2v) is 10.2. The average Bonchev–Trinajstić information content (AvgIpc) is 3.24. The van der Waals surface area contributed by atoms with E-state index in [0.29, 0.717) is 12.6 Å². The highest BCUT2D eigenvalue weighted by molar-refractivity contribution is 5.69. The van der Waals surface area contributed by atoms with E-state index >= 15 is 0 Å². The van der Waals surface area contributed by atoms with E-state index in [1.54, 1.807) is 0 Å². The molecule has 3 aliphatic rings. The highest BCUT2D eigenvalue weighted by Gasteiger charge is 2.28. The zero-order chi connectivity index (χ0) is 23.1. The lowest BCUT2D eigenvalue weighted by atomic mass is 9.90. The summed E-state index contributed by atoms with van der Waals surface area (Å²) in [6, 6.07) is 16.3. The molecule has 0 spiro atoms. The largest absolute Gasteiger partial charge is 0.483 e. The van der Waals surface area contributed by atoms with E-state index in [9.17, 15) is 0 Å². The van der Waals surface area contributed by atoms with E-state index in [2.05, 4.69) is 76.9 Å². The molecular formula is C28H34N4O2. The smallest absolute Gasteiger partial charge is 0.151 e. The lowest BCUT2D eigenvalue weighted by Crippen LogP contribution is -2.50. The van der Waals surface area contributed by atoms with E-state index in [4.69, 9.17) is 14.5 Å². The Hall–Kier alpha value is -2.67. The molecule has 0 unspecified atom stereocenters. The van der Waals surface area contributed by atoms with Crippen molar-refractivity contribution in [2.45, 2.75) is 39.5 Å². The number of aromatic nitrogens is 2. The minimum atomic E-state index is 0.507. The first kappa shape index (κ1) is 21.8. The molecule has 2 fully saturated rings. The van der Waals surface area contributed by atoms with Gasteiger partial charge in [0, 0.05) is 45.0 Å². The van der Waals surface area contributed by atoms with Crippen molar-refractivity contribution in [3.05, 3.63) is 65.7 Å². The van der Waals surface area contributed by atoms with Crippen LogP contribution < -0.4 is 4.74 Å². The molecular weight excluding hydrogens is 424 g/mol. The SMILES string of the molecule is CC(C)N1CC(Cc2ccc(-c3ccc4c(c3)OCc3nc(CN5CCOCC5)cn3-4)cc2)C1. The Balaban J connectivity index is 1.15. The predicted molar refractivity (Wildman–Crippen MR) is 133 cm³/mol. The third-order valence-corrected chi connectivity index (χ3v) is 7.42. The lowest BCUT2D eigenvalue weighted by Gasteiger charge is -2.42. The fraction of sp³-hybridized carbons (Fsp3) is 0.464. The van der Waals surface area contributed by atoms with E-state index in [-0.39, 0.29) is 0 Å². The van der Waals surface area contributed by atoms with Crippen LogP contribution in [0.3, 0.4) is 0 Å². The molecule has 0 aliphatic carbocycles. The van der Waals surface area contributed by atoms with Crippen LogP contribution in [0.4, 0.5) is 0 Å². The monoisotopic (exact) mass is 458 g/mol. The highest BCUT2D eigenvalue weighted by Crippen LogP contribution is 2.34. The van der Waals surface area contributed by atoms with Gasteiger partial charge in [0.1, 0.15) is 12.4 Å². The summed E-state index contributed by atoms with van der Waals surface area (Å²) in [6.07, 6.45) is 3.34. The highest BCUT2D eigenvalue weighted by atomic mass is 16.5. The Labute approximate surface area is 202 Å². The molecule has 34 heavy (non-hydrogen) atoms. The zero-order valence-corrected chi connectivity index (χ0v) is 20.2. The minimum absolute atomic E-state index is 0.507. The van der Waals surface area contributed by atoms with Crippen molar-refractivity contribution in [2.75, 3.05) is 39.4 Å². The van der Waals surface area contributed by atoms with Crippen LogP contribution in [0.25, 0.3) is 16.8 Å². The minimum Gasteiger partial charge on any atom is -0.483 e. The van der Waals surface area contributed by atoms with Crippen molar-refractivity contribution in [3.63, 3.8) is 0 Å². The third kappa shape index (κ3) is 4.38. The molecule has 178 valence electrons. The van der Waals surface area contributed by atoms with Gasteiger partial charge in [0.15, 0.2) is 5.82 Å². The van der Waals surface area contributed by atoms with Crippen molar-refractivity contribution in [1.29, 1.82) is 0 Å². The molecule has 4 heterocycles. The van der Waals surface area contributed by atoms with Crippen LogP contribution in [0.1, 0.15) is 30.9 Å². The van der Waals surface area contributed by atoms with Gasteiger partial charge in [-0.05, 0) is 55.0 Å². The lowest BCUT2D eigenvalue weighted by molar-refractivity contribution is 0.0337. The predicted octanol–water partition coefficient (Wildman–Crippen LogP) is 4.15. The summed E-state index contributed by atoms with van der Waals surface area (Å²) in [5.74, 6) is 2.69. The van der Waals surface area contributed by atoms with Crippen molar-refractivity contribution < 1.29 is 9.47 Å². The fourth-order valence-corrected chi connectivity index (χ4v) is 5.32. The first-order chi connectivity index (χ1) is 16.6. The molecule has 0 radical (unpaired) electrons. The second-order valence-electron chi connectivity index (χ2n) is 10.2. The van der Waals surface area contributed by atoms with E-state index in [0.717, 1.165) is 61.7 Å². The molecule has 2 aromatic carbocycles. The van der Waals surface area contributed by atoms with Crippen LogP contribution in [0.2, 0.25) is 0 Å². The van der Waals surface area contributed by atoms with E-state index in [1.807, 2.05) is 0 Å². The quantitative estimate of drug-likeness (QED) is 0.555. The summed E-state index contributed by atoms with van der Waals surface area (Å²) in [4.78, 5) is 9.78. The van der Waals surface area contributed by atoms with Crippen LogP contribution in [-0.2, 0) is 24.3 Å². The van der Waals surface area contributed by atoms with Gasteiger partial charge >= 0.3 is 0 Å². The molecule has 2 saturated heterocycles. The van der Waals surface area contributed by atoms with Crippen LogP contribution in [0.5, 0.6) is 5.75 Å². The average molecular weight is 459 g/mol. The van der Waals surface area contributed by atoms with Gasteiger partial charge < -0.3 is 14.4 Å². The number of hydrogen-bond acceptors (Lipinski definition) is 5. The van der Waals surface area contributed by atoms with Gasteiger partial charge in [-0.25, -0.2) is 4.98 Å². The fourth-order valence-electron chi connectivity index (χ4n) is 5.32. The standard InChI is InChI=1S/C28H34N4O2/c1-20(2)31-15-22(16-31)13-21-3-5-23(6-4-21)24-7-8-26-27(14-24)34-19-28-29-25(18-32(26)28)17-30-9-11-33-12-10-30/h3-8,14,18,20,22H,9-13,15-17,19H2,1-2H3. The number of hydrogen-bond donors (Lipinski definition) is 0. The van der Waals surface area contributed by atoms with Crippen molar-refractivity contribution in [3.8, 4) is 22.6 Å². The van der Waals surface area contributed by atoms with Gasteiger partial charge in [0.25, 0.3) is 0 Å². The number of nitrogens with zero attached hydrogens (tertiary/aromatic N) is 4. The number of imidazole rings is 1. The Morgan fingerprint density at radius 1 is 1.00 bits per heavy atom. The zero-order valence-electron chi connectivity index (χ0n) is 20.2. The number of morpholine rings is 1. The normalized spacial score (nSPS) is 18.9. The Kier molecular flexibility index (Phi) is 5.89. The molecule has 6 nitrogen and oxygen atoms in total. The van der Waals surface area contributed by atoms with Crippen molar-refractivity contribution in [2.24, 2.45) is 5.92 Å². The molecule has 3 aliphatic heterocycles. The molecule has 0 saturated carbocycles. The summed E-state index contributed by atoms with van der Waals surface area (Å²) >= 11 is 0. The van der Waals surface area contributed by atoms with Crippen LogP contribution in [0.15, 0.2) is 48.7 Å². The summed E-state index contributed by atoms with van der Waals surface area (Å²) in [7, 11) is 0. The number of benzene rings is 2. The first-order valence-corrected chi connectivity index (χ1v) is 12.6. The molecule has 0 bridgehead atoms. The molecule has 6 heteroatoms. The van der Waals surface area contributed by atoms with E-state index < -0.39 is 0 Å². The Bertz CT molecular complexity index is 1140. The van der Waals surface area contributed by atoms with Gasteiger partial charge in [-0.3, -0.25) is 9.47 Å². The van der Waals surface area contributed by atoms with Crippen molar-refractivity contribution in [1.82, 2.24) is 19.4 Å². The second kappa shape index (κ2) is 9.17.